The van der Waals surface area contributed by atoms with Gasteiger partial charge < -0.3 is 5.73 Å². The van der Waals surface area contributed by atoms with Crippen molar-refractivity contribution in [2.75, 3.05) is 0 Å². The molecule has 0 aromatic heterocycles. The monoisotopic (exact) mass is 313 g/mol. The lowest BCUT2D eigenvalue weighted by Gasteiger charge is -2.41. The predicted octanol–water partition coefficient (Wildman–Crippen LogP) is 4.43. The van der Waals surface area contributed by atoms with Gasteiger partial charge in [0.05, 0.1) is 4.47 Å². The second kappa shape index (κ2) is 4.93. The zero-order valence-electron chi connectivity index (χ0n) is 11.1. The zero-order chi connectivity index (χ0) is 13.4. The highest BCUT2D eigenvalue weighted by Gasteiger charge is 2.35. The molecule has 0 heterocycles. The van der Waals surface area contributed by atoms with Crippen LogP contribution in [-0.2, 0) is 6.42 Å². The molecule has 1 aliphatic carbocycles. The van der Waals surface area contributed by atoms with E-state index >= 15 is 0 Å². The molecule has 0 spiro atoms. The molecule has 18 heavy (non-hydrogen) atoms. The minimum atomic E-state index is -0.213. The second-order valence-corrected chi connectivity index (χ2v) is 7.31. The van der Waals surface area contributed by atoms with Gasteiger partial charge >= 0.3 is 0 Å². The zero-order valence-corrected chi connectivity index (χ0v) is 12.7. The Morgan fingerprint density at radius 1 is 1.22 bits per heavy atom. The number of hydrogen-bond donors (Lipinski definition) is 1. The maximum atomic E-state index is 13.2. The summed E-state index contributed by atoms with van der Waals surface area (Å²) in [5, 5.41) is 0. The van der Waals surface area contributed by atoms with Crippen LogP contribution in [0, 0.1) is 11.2 Å². The van der Waals surface area contributed by atoms with Gasteiger partial charge in [-0.25, -0.2) is 4.39 Å². The first-order valence-corrected chi connectivity index (χ1v) is 7.32. The molecular weight excluding hydrogens is 293 g/mol. The van der Waals surface area contributed by atoms with Gasteiger partial charge in [0.25, 0.3) is 0 Å². The Morgan fingerprint density at radius 3 is 2.39 bits per heavy atom. The highest BCUT2D eigenvalue weighted by molar-refractivity contribution is 9.10. The molecule has 0 saturated heterocycles. The Balaban J connectivity index is 2.07. The van der Waals surface area contributed by atoms with Gasteiger partial charge in [-0.1, -0.05) is 19.9 Å². The van der Waals surface area contributed by atoms with Gasteiger partial charge in [0.15, 0.2) is 0 Å². The molecule has 1 aromatic carbocycles. The number of halogens is 2. The molecular formula is C15H21BrFN. The fourth-order valence-corrected chi connectivity index (χ4v) is 3.08. The van der Waals surface area contributed by atoms with E-state index in [0.717, 1.165) is 24.8 Å². The van der Waals surface area contributed by atoms with Gasteiger partial charge in [-0.15, -0.1) is 0 Å². The summed E-state index contributed by atoms with van der Waals surface area (Å²) in [5.74, 6) is -0.213. The standard InChI is InChI=1S/C15H21BrFN/c1-14(2)5-7-15(18,8-6-14)10-11-3-4-13(17)12(16)9-11/h3-4,9H,5-8,10,18H2,1-2H3. The lowest BCUT2D eigenvalue weighted by Crippen LogP contribution is -2.46. The average molecular weight is 314 g/mol. The lowest BCUT2D eigenvalue weighted by atomic mass is 9.68. The molecule has 1 fully saturated rings. The van der Waals surface area contributed by atoms with Crippen molar-refractivity contribution in [2.24, 2.45) is 11.1 Å². The van der Waals surface area contributed by atoms with Crippen molar-refractivity contribution >= 4 is 15.9 Å². The van der Waals surface area contributed by atoms with E-state index < -0.39 is 0 Å². The van der Waals surface area contributed by atoms with Gasteiger partial charge in [0, 0.05) is 5.54 Å². The van der Waals surface area contributed by atoms with Crippen LogP contribution in [0.25, 0.3) is 0 Å². The number of nitrogens with two attached hydrogens (primary N) is 1. The molecule has 0 atom stereocenters. The molecule has 2 rings (SSSR count). The third-order valence-electron chi connectivity index (χ3n) is 4.14. The van der Waals surface area contributed by atoms with Crippen LogP contribution in [0.5, 0.6) is 0 Å². The fourth-order valence-electron chi connectivity index (χ4n) is 2.66. The third-order valence-corrected chi connectivity index (χ3v) is 4.75. The molecule has 1 saturated carbocycles. The summed E-state index contributed by atoms with van der Waals surface area (Å²) in [6.07, 6.45) is 5.28. The Hall–Kier alpha value is -0.410. The van der Waals surface area contributed by atoms with Crippen molar-refractivity contribution in [3.05, 3.63) is 34.1 Å². The van der Waals surface area contributed by atoms with Crippen molar-refractivity contribution in [1.82, 2.24) is 0 Å². The lowest BCUT2D eigenvalue weighted by molar-refractivity contribution is 0.164. The van der Waals surface area contributed by atoms with Gasteiger partial charge in [0.2, 0.25) is 0 Å². The molecule has 0 unspecified atom stereocenters. The van der Waals surface area contributed by atoms with Crippen LogP contribution < -0.4 is 5.73 Å². The van der Waals surface area contributed by atoms with Gasteiger partial charge in [0.1, 0.15) is 5.82 Å². The summed E-state index contributed by atoms with van der Waals surface area (Å²) in [6.45, 7) is 4.61. The number of hydrogen-bond acceptors (Lipinski definition) is 1. The maximum absolute atomic E-state index is 13.2. The smallest absolute Gasteiger partial charge is 0.137 e. The molecule has 2 N–H and O–H groups in total. The van der Waals surface area contributed by atoms with E-state index in [4.69, 9.17) is 5.73 Å². The molecule has 0 radical (unpaired) electrons. The van der Waals surface area contributed by atoms with Crippen molar-refractivity contribution < 1.29 is 4.39 Å². The van der Waals surface area contributed by atoms with Crippen LogP contribution >= 0.6 is 15.9 Å². The summed E-state index contributed by atoms with van der Waals surface area (Å²) in [7, 11) is 0. The summed E-state index contributed by atoms with van der Waals surface area (Å²) in [5.41, 5.74) is 7.91. The quantitative estimate of drug-likeness (QED) is 0.859. The van der Waals surface area contributed by atoms with Crippen LogP contribution in [-0.4, -0.2) is 5.54 Å². The first-order valence-electron chi connectivity index (χ1n) is 6.53. The molecule has 0 bridgehead atoms. The van der Waals surface area contributed by atoms with E-state index in [1.54, 1.807) is 0 Å². The van der Waals surface area contributed by atoms with Crippen LogP contribution in [0.4, 0.5) is 4.39 Å². The molecule has 1 aliphatic rings. The fraction of sp³-hybridized carbons (Fsp3) is 0.600. The van der Waals surface area contributed by atoms with Gasteiger partial charge in [-0.05, 0) is 71.1 Å². The largest absolute Gasteiger partial charge is 0.325 e. The highest BCUT2D eigenvalue weighted by atomic mass is 79.9. The average Bonchev–Trinajstić information content (AvgIpc) is 2.29. The van der Waals surface area contributed by atoms with Crippen molar-refractivity contribution in [2.45, 2.75) is 51.5 Å². The van der Waals surface area contributed by atoms with Crippen molar-refractivity contribution in [1.29, 1.82) is 0 Å². The number of rotatable bonds is 2. The summed E-state index contributed by atoms with van der Waals surface area (Å²) < 4.78 is 13.7. The highest BCUT2D eigenvalue weighted by Crippen LogP contribution is 2.40. The third kappa shape index (κ3) is 3.33. The Bertz CT molecular complexity index is 432. The molecule has 0 amide bonds. The van der Waals surface area contributed by atoms with E-state index in [1.807, 2.05) is 12.1 Å². The molecule has 1 aromatic rings. The Labute approximate surface area is 117 Å². The minimum absolute atomic E-state index is 0.118. The van der Waals surface area contributed by atoms with Crippen LogP contribution in [0.15, 0.2) is 22.7 Å². The first-order chi connectivity index (χ1) is 8.30. The first kappa shape index (κ1) is 14.0. The predicted molar refractivity (Wildman–Crippen MR) is 77.0 cm³/mol. The molecule has 3 heteroatoms. The second-order valence-electron chi connectivity index (χ2n) is 6.45. The molecule has 0 aliphatic heterocycles. The van der Waals surface area contributed by atoms with E-state index in [1.165, 1.54) is 18.9 Å². The van der Waals surface area contributed by atoms with E-state index in [2.05, 4.69) is 29.8 Å². The van der Waals surface area contributed by atoms with Crippen LogP contribution in [0.2, 0.25) is 0 Å². The summed E-state index contributed by atoms with van der Waals surface area (Å²) >= 11 is 3.23. The van der Waals surface area contributed by atoms with Crippen molar-refractivity contribution in [3.63, 3.8) is 0 Å². The van der Waals surface area contributed by atoms with E-state index in [9.17, 15) is 4.39 Å². The van der Waals surface area contributed by atoms with E-state index in [-0.39, 0.29) is 11.4 Å². The molecule has 100 valence electrons. The van der Waals surface area contributed by atoms with E-state index in [0.29, 0.717) is 9.89 Å². The SMILES string of the molecule is CC1(C)CCC(N)(Cc2ccc(F)c(Br)c2)CC1. The van der Waals surface area contributed by atoms with Crippen LogP contribution in [0.1, 0.15) is 45.1 Å². The van der Waals surface area contributed by atoms with Crippen LogP contribution in [0.3, 0.4) is 0 Å². The minimum Gasteiger partial charge on any atom is -0.325 e. The van der Waals surface area contributed by atoms with Gasteiger partial charge in [-0.3, -0.25) is 0 Å². The van der Waals surface area contributed by atoms with Crippen molar-refractivity contribution in [3.8, 4) is 0 Å². The normalized spacial score (nSPS) is 21.8. The molecule has 1 nitrogen and oxygen atoms in total. The number of benzene rings is 1. The topological polar surface area (TPSA) is 26.0 Å². The summed E-state index contributed by atoms with van der Waals surface area (Å²) in [4.78, 5) is 0. The summed E-state index contributed by atoms with van der Waals surface area (Å²) in [6, 6.07) is 5.20. The Morgan fingerprint density at radius 2 is 1.83 bits per heavy atom. The van der Waals surface area contributed by atoms with Gasteiger partial charge in [-0.2, -0.15) is 0 Å². The maximum Gasteiger partial charge on any atom is 0.137 e. The Kier molecular flexibility index (Phi) is 3.84.